The number of rotatable bonds is 2. The summed E-state index contributed by atoms with van der Waals surface area (Å²) in [7, 11) is 0. The van der Waals surface area contributed by atoms with Crippen LogP contribution in [0.15, 0.2) is 18.5 Å². The van der Waals surface area contributed by atoms with E-state index in [1.165, 1.54) is 6.42 Å². The largest absolute Gasteiger partial charge is 0.385 e. The zero-order valence-corrected chi connectivity index (χ0v) is 12.0. The second kappa shape index (κ2) is 5.00. The minimum absolute atomic E-state index is 0.344. The highest BCUT2D eigenvalue weighted by Gasteiger charge is 2.44. The zero-order valence-electron chi connectivity index (χ0n) is 12.0. The average molecular weight is 247 g/mol. The molecule has 3 atom stereocenters. The van der Waals surface area contributed by atoms with Crippen LogP contribution in [0.1, 0.15) is 51.2 Å². The number of pyridine rings is 1. The lowest BCUT2D eigenvalue weighted by molar-refractivity contribution is -0.0872. The molecule has 0 bridgehead atoms. The Labute approximate surface area is 110 Å². The minimum atomic E-state index is -0.690. The minimum Gasteiger partial charge on any atom is -0.385 e. The Morgan fingerprint density at radius 1 is 1.39 bits per heavy atom. The van der Waals surface area contributed by atoms with Crippen molar-refractivity contribution in [2.75, 3.05) is 0 Å². The molecule has 3 unspecified atom stereocenters. The Morgan fingerprint density at radius 2 is 2.11 bits per heavy atom. The molecule has 1 N–H and O–H groups in total. The van der Waals surface area contributed by atoms with Crippen molar-refractivity contribution < 1.29 is 5.11 Å². The molecule has 0 radical (unpaired) electrons. The van der Waals surface area contributed by atoms with Crippen LogP contribution in [-0.2, 0) is 5.60 Å². The lowest BCUT2D eigenvalue weighted by Gasteiger charge is -2.45. The Kier molecular flexibility index (Phi) is 3.76. The summed E-state index contributed by atoms with van der Waals surface area (Å²) in [6, 6.07) is 2.00. The first-order valence-electron chi connectivity index (χ1n) is 7.08. The van der Waals surface area contributed by atoms with E-state index in [4.69, 9.17) is 0 Å². The SMILES string of the molecule is Cc1ccncc1C1(O)CC(C)CCC1C(C)C. The molecule has 1 aromatic rings. The van der Waals surface area contributed by atoms with Crippen molar-refractivity contribution in [2.45, 2.75) is 52.6 Å². The molecule has 0 aliphatic heterocycles. The Hall–Kier alpha value is -0.890. The van der Waals surface area contributed by atoms with Gasteiger partial charge in [-0.3, -0.25) is 4.98 Å². The van der Waals surface area contributed by atoms with Gasteiger partial charge in [0.05, 0.1) is 5.60 Å². The highest BCUT2D eigenvalue weighted by molar-refractivity contribution is 5.29. The van der Waals surface area contributed by atoms with E-state index in [1.807, 2.05) is 12.3 Å². The van der Waals surface area contributed by atoms with E-state index in [0.717, 1.165) is 24.0 Å². The van der Waals surface area contributed by atoms with E-state index in [0.29, 0.717) is 17.8 Å². The highest BCUT2D eigenvalue weighted by atomic mass is 16.3. The Bertz CT molecular complexity index is 415. The highest BCUT2D eigenvalue weighted by Crippen LogP contribution is 2.47. The van der Waals surface area contributed by atoms with E-state index in [1.54, 1.807) is 6.20 Å². The molecule has 1 saturated carbocycles. The van der Waals surface area contributed by atoms with Crippen LogP contribution in [0.5, 0.6) is 0 Å². The van der Waals surface area contributed by atoms with Crippen LogP contribution in [0.3, 0.4) is 0 Å². The summed E-state index contributed by atoms with van der Waals surface area (Å²) in [6.45, 7) is 8.76. The first kappa shape index (κ1) is 13.5. The van der Waals surface area contributed by atoms with Gasteiger partial charge in [-0.05, 0) is 49.1 Å². The third kappa shape index (κ3) is 2.31. The number of aliphatic hydroxyl groups is 1. The van der Waals surface area contributed by atoms with Gasteiger partial charge in [-0.25, -0.2) is 0 Å². The Balaban J connectivity index is 2.44. The fourth-order valence-electron chi connectivity index (χ4n) is 3.60. The molecule has 18 heavy (non-hydrogen) atoms. The van der Waals surface area contributed by atoms with Crippen LogP contribution in [0.25, 0.3) is 0 Å². The van der Waals surface area contributed by atoms with Crippen molar-refractivity contribution in [3.63, 3.8) is 0 Å². The summed E-state index contributed by atoms with van der Waals surface area (Å²) in [4.78, 5) is 4.22. The van der Waals surface area contributed by atoms with E-state index in [9.17, 15) is 5.11 Å². The standard InChI is InChI=1S/C16H25NO/c1-11(2)14-6-5-12(3)9-16(14,18)15-10-17-8-7-13(15)4/h7-8,10-12,14,18H,5-6,9H2,1-4H3. The molecule has 1 aromatic heterocycles. The number of nitrogens with zero attached hydrogens (tertiary/aromatic N) is 1. The van der Waals surface area contributed by atoms with Crippen molar-refractivity contribution in [2.24, 2.45) is 17.8 Å². The summed E-state index contributed by atoms with van der Waals surface area (Å²) in [6.07, 6.45) is 6.87. The molecule has 1 aliphatic rings. The normalized spacial score (nSPS) is 32.8. The number of aromatic nitrogens is 1. The van der Waals surface area contributed by atoms with Gasteiger partial charge in [-0.1, -0.05) is 27.2 Å². The topological polar surface area (TPSA) is 33.1 Å². The van der Waals surface area contributed by atoms with Gasteiger partial charge in [0.2, 0.25) is 0 Å². The van der Waals surface area contributed by atoms with Crippen LogP contribution in [0, 0.1) is 24.7 Å². The molecular formula is C16H25NO. The third-order valence-corrected chi connectivity index (χ3v) is 4.55. The number of hydrogen-bond donors (Lipinski definition) is 1. The molecule has 0 saturated heterocycles. The van der Waals surface area contributed by atoms with Gasteiger partial charge in [0.1, 0.15) is 0 Å². The number of aryl methyl sites for hydroxylation is 1. The monoisotopic (exact) mass is 247 g/mol. The van der Waals surface area contributed by atoms with Gasteiger partial charge in [-0.15, -0.1) is 0 Å². The van der Waals surface area contributed by atoms with Gasteiger partial charge >= 0.3 is 0 Å². The maximum Gasteiger partial charge on any atom is 0.0946 e. The molecule has 1 heterocycles. The maximum atomic E-state index is 11.3. The summed E-state index contributed by atoms with van der Waals surface area (Å²) in [5.74, 6) is 1.43. The lowest BCUT2D eigenvalue weighted by atomic mass is 9.64. The molecule has 1 aliphatic carbocycles. The van der Waals surface area contributed by atoms with Crippen molar-refractivity contribution in [1.29, 1.82) is 0 Å². The quantitative estimate of drug-likeness (QED) is 0.865. The van der Waals surface area contributed by atoms with Gasteiger partial charge in [0, 0.05) is 18.0 Å². The smallest absolute Gasteiger partial charge is 0.0946 e. The molecule has 0 aromatic carbocycles. The summed E-state index contributed by atoms with van der Waals surface area (Å²) in [5, 5.41) is 11.3. The molecule has 2 heteroatoms. The predicted molar refractivity (Wildman–Crippen MR) is 74.2 cm³/mol. The van der Waals surface area contributed by atoms with Crippen LogP contribution in [0.4, 0.5) is 0 Å². The molecular weight excluding hydrogens is 222 g/mol. The van der Waals surface area contributed by atoms with Gasteiger partial charge < -0.3 is 5.11 Å². The second-order valence-electron chi connectivity index (χ2n) is 6.35. The molecule has 0 amide bonds. The van der Waals surface area contributed by atoms with Crippen LogP contribution in [-0.4, -0.2) is 10.1 Å². The van der Waals surface area contributed by atoms with Crippen molar-refractivity contribution in [1.82, 2.24) is 4.98 Å². The fraction of sp³-hybridized carbons (Fsp3) is 0.688. The van der Waals surface area contributed by atoms with Crippen LogP contribution >= 0.6 is 0 Å². The van der Waals surface area contributed by atoms with Gasteiger partial charge in [0.25, 0.3) is 0 Å². The van der Waals surface area contributed by atoms with E-state index in [-0.39, 0.29) is 0 Å². The molecule has 0 spiro atoms. The third-order valence-electron chi connectivity index (χ3n) is 4.55. The Morgan fingerprint density at radius 3 is 2.72 bits per heavy atom. The molecule has 2 nitrogen and oxygen atoms in total. The average Bonchev–Trinajstić information content (AvgIpc) is 2.28. The summed E-state index contributed by atoms with van der Waals surface area (Å²) < 4.78 is 0. The second-order valence-corrected chi connectivity index (χ2v) is 6.35. The van der Waals surface area contributed by atoms with E-state index >= 15 is 0 Å². The molecule has 2 rings (SSSR count). The van der Waals surface area contributed by atoms with Crippen LogP contribution in [0.2, 0.25) is 0 Å². The first-order valence-corrected chi connectivity index (χ1v) is 7.08. The van der Waals surface area contributed by atoms with E-state index in [2.05, 4.69) is 32.7 Å². The molecule has 100 valence electrons. The summed E-state index contributed by atoms with van der Waals surface area (Å²) >= 11 is 0. The maximum absolute atomic E-state index is 11.3. The zero-order chi connectivity index (χ0) is 13.3. The predicted octanol–water partition coefficient (Wildman–Crippen LogP) is 3.67. The van der Waals surface area contributed by atoms with Crippen LogP contribution < -0.4 is 0 Å². The van der Waals surface area contributed by atoms with Crippen molar-refractivity contribution in [3.05, 3.63) is 29.6 Å². The first-order chi connectivity index (χ1) is 8.45. The van der Waals surface area contributed by atoms with Crippen molar-refractivity contribution >= 4 is 0 Å². The van der Waals surface area contributed by atoms with Crippen molar-refractivity contribution in [3.8, 4) is 0 Å². The molecule has 1 fully saturated rings. The number of hydrogen-bond acceptors (Lipinski definition) is 2. The summed E-state index contributed by atoms with van der Waals surface area (Å²) in [5.41, 5.74) is 1.51. The van der Waals surface area contributed by atoms with Gasteiger partial charge in [-0.2, -0.15) is 0 Å². The lowest BCUT2D eigenvalue weighted by Crippen LogP contribution is -2.43. The van der Waals surface area contributed by atoms with Gasteiger partial charge in [0.15, 0.2) is 0 Å². The fourth-order valence-corrected chi connectivity index (χ4v) is 3.60. The van der Waals surface area contributed by atoms with E-state index < -0.39 is 5.60 Å².